The van der Waals surface area contributed by atoms with Crippen LogP contribution in [0.1, 0.15) is 6.92 Å². The lowest BCUT2D eigenvalue weighted by atomic mass is 10.2. The first kappa shape index (κ1) is 10.4. The van der Waals surface area contributed by atoms with E-state index in [-0.39, 0.29) is 5.91 Å². The summed E-state index contributed by atoms with van der Waals surface area (Å²) in [7, 11) is 1.66. The van der Waals surface area contributed by atoms with Gasteiger partial charge in [-0.2, -0.15) is 4.99 Å². The van der Waals surface area contributed by atoms with Crippen LogP contribution in [0.15, 0.2) is 23.2 Å². The number of likely N-dealkylation sites (N-methyl/N-ethyl adjacent to an activating group) is 1. The number of carbonyl (C=O) groups is 1. The van der Waals surface area contributed by atoms with Gasteiger partial charge in [0.25, 0.3) is 5.91 Å². The van der Waals surface area contributed by atoms with Crippen LogP contribution < -0.4 is 9.64 Å². The SMILES string of the molecule is CC1Oc2ccc(N=C=O)cc2N(C)C1=O. The summed E-state index contributed by atoms with van der Waals surface area (Å²) >= 11 is 0. The highest BCUT2D eigenvalue weighted by atomic mass is 16.5. The molecule has 0 radical (unpaired) electrons. The van der Waals surface area contributed by atoms with Gasteiger partial charge in [-0.3, -0.25) is 4.79 Å². The average Bonchev–Trinajstić information content (AvgIpc) is 2.28. The monoisotopic (exact) mass is 218 g/mol. The van der Waals surface area contributed by atoms with Gasteiger partial charge in [-0.05, 0) is 25.1 Å². The number of carbonyl (C=O) groups excluding carboxylic acids is 2. The number of aliphatic imine (C=N–C) groups is 1. The molecule has 16 heavy (non-hydrogen) atoms. The molecule has 0 saturated carbocycles. The van der Waals surface area contributed by atoms with E-state index in [1.807, 2.05) is 0 Å². The van der Waals surface area contributed by atoms with Crippen molar-refractivity contribution in [1.82, 2.24) is 0 Å². The Balaban J connectivity index is 2.50. The summed E-state index contributed by atoms with van der Waals surface area (Å²) in [5, 5.41) is 0. The van der Waals surface area contributed by atoms with Crippen molar-refractivity contribution in [3.05, 3.63) is 18.2 Å². The van der Waals surface area contributed by atoms with Gasteiger partial charge in [0.15, 0.2) is 6.10 Å². The molecule has 0 aromatic heterocycles. The van der Waals surface area contributed by atoms with Crippen molar-refractivity contribution in [2.45, 2.75) is 13.0 Å². The molecule has 0 aliphatic carbocycles. The molecule has 0 N–H and O–H groups in total. The Bertz CT molecular complexity index is 492. The number of ether oxygens (including phenoxy) is 1. The Kier molecular flexibility index (Phi) is 2.46. The molecule has 0 bridgehead atoms. The molecule has 1 aromatic rings. The van der Waals surface area contributed by atoms with E-state index in [9.17, 15) is 9.59 Å². The first-order valence-corrected chi connectivity index (χ1v) is 4.79. The van der Waals surface area contributed by atoms with E-state index in [1.165, 1.54) is 11.0 Å². The number of amides is 1. The largest absolute Gasteiger partial charge is 0.479 e. The summed E-state index contributed by atoms with van der Waals surface area (Å²) in [5.74, 6) is 0.485. The highest BCUT2D eigenvalue weighted by molar-refractivity contribution is 5.99. The fourth-order valence-corrected chi connectivity index (χ4v) is 1.62. The minimum Gasteiger partial charge on any atom is -0.479 e. The third-order valence-electron chi connectivity index (χ3n) is 2.46. The lowest BCUT2D eigenvalue weighted by Gasteiger charge is -2.30. The van der Waals surface area contributed by atoms with Gasteiger partial charge in [0, 0.05) is 7.05 Å². The van der Waals surface area contributed by atoms with Crippen molar-refractivity contribution in [2.24, 2.45) is 4.99 Å². The summed E-state index contributed by atoms with van der Waals surface area (Å²) in [6.45, 7) is 1.69. The van der Waals surface area contributed by atoms with E-state index in [0.717, 1.165) is 0 Å². The fourth-order valence-electron chi connectivity index (χ4n) is 1.62. The summed E-state index contributed by atoms with van der Waals surface area (Å²) in [6.07, 6.45) is 0.968. The summed E-state index contributed by atoms with van der Waals surface area (Å²) in [4.78, 5) is 26.8. The molecule has 5 heteroatoms. The van der Waals surface area contributed by atoms with Gasteiger partial charge in [-0.1, -0.05) is 0 Å². The Hall–Kier alpha value is -2.13. The zero-order valence-electron chi connectivity index (χ0n) is 8.93. The second-order valence-corrected chi connectivity index (χ2v) is 3.51. The molecular formula is C11H10N2O3. The van der Waals surface area contributed by atoms with Crippen molar-refractivity contribution >= 4 is 23.4 Å². The Morgan fingerprint density at radius 3 is 2.94 bits per heavy atom. The van der Waals surface area contributed by atoms with E-state index in [1.54, 1.807) is 32.2 Å². The predicted octanol–water partition coefficient (Wildman–Crippen LogP) is 1.40. The number of benzene rings is 1. The third kappa shape index (κ3) is 1.57. The van der Waals surface area contributed by atoms with E-state index < -0.39 is 6.10 Å². The topological polar surface area (TPSA) is 59.0 Å². The number of rotatable bonds is 1. The first-order chi connectivity index (χ1) is 7.63. The second kappa shape index (κ2) is 3.79. The number of hydrogen-bond acceptors (Lipinski definition) is 4. The molecule has 1 aliphatic heterocycles. The number of fused-ring (bicyclic) bond motifs is 1. The lowest BCUT2D eigenvalue weighted by molar-refractivity contribution is -0.125. The van der Waals surface area contributed by atoms with Crippen LogP contribution >= 0.6 is 0 Å². The van der Waals surface area contributed by atoms with Crippen molar-refractivity contribution in [3.8, 4) is 5.75 Å². The molecule has 0 saturated heterocycles. The number of anilines is 1. The van der Waals surface area contributed by atoms with E-state index in [2.05, 4.69) is 4.99 Å². The molecule has 1 atom stereocenters. The smallest absolute Gasteiger partial charge is 0.267 e. The Morgan fingerprint density at radius 1 is 1.50 bits per heavy atom. The van der Waals surface area contributed by atoms with Crippen molar-refractivity contribution in [1.29, 1.82) is 0 Å². The molecule has 1 amide bonds. The molecule has 1 aliphatic rings. The highest BCUT2D eigenvalue weighted by Gasteiger charge is 2.28. The van der Waals surface area contributed by atoms with Crippen LogP contribution in [-0.2, 0) is 9.59 Å². The van der Waals surface area contributed by atoms with Crippen molar-refractivity contribution < 1.29 is 14.3 Å². The van der Waals surface area contributed by atoms with E-state index in [4.69, 9.17) is 4.74 Å². The second-order valence-electron chi connectivity index (χ2n) is 3.51. The maximum atomic E-state index is 11.6. The first-order valence-electron chi connectivity index (χ1n) is 4.79. The van der Waals surface area contributed by atoms with Crippen LogP contribution in [0.25, 0.3) is 0 Å². The number of isocyanates is 1. The minimum atomic E-state index is -0.488. The normalized spacial score (nSPS) is 18.5. The summed E-state index contributed by atoms with van der Waals surface area (Å²) in [5.41, 5.74) is 1.06. The maximum absolute atomic E-state index is 11.6. The van der Waals surface area contributed by atoms with E-state index in [0.29, 0.717) is 17.1 Å². The standard InChI is InChI=1S/C11H10N2O3/c1-7-11(15)13(2)9-5-8(12-6-14)3-4-10(9)16-7/h3-5,7H,1-2H3. The molecule has 5 nitrogen and oxygen atoms in total. The van der Waals surface area contributed by atoms with Crippen LogP contribution in [0.2, 0.25) is 0 Å². The fraction of sp³-hybridized carbons (Fsp3) is 0.273. The number of nitrogens with zero attached hydrogens (tertiary/aromatic N) is 2. The molecule has 2 rings (SSSR count). The molecule has 1 aromatic carbocycles. The molecule has 0 spiro atoms. The lowest BCUT2D eigenvalue weighted by Crippen LogP contribution is -2.41. The zero-order chi connectivity index (χ0) is 11.7. The average molecular weight is 218 g/mol. The van der Waals surface area contributed by atoms with Gasteiger partial charge in [0.2, 0.25) is 6.08 Å². The van der Waals surface area contributed by atoms with Crippen molar-refractivity contribution in [3.63, 3.8) is 0 Å². The highest BCUT2D eigenvalue weighted by Crippen LogP contribution is 2.35. The van der Waals surface area contributed by atoms with Gasteiger partial charge >= 0.3 is 0 Å². The predicted molar refractivity (Wildman–Crippen MR) is 57.7 cm³/mol. The van der Waals surface area contributed by atoms with Crippen LogP contribution in [0.4, 0.5) is 11.4 Å². The molecule has 82 valence electrons. The van der Waals surface area contributed by atoms with Gasteiger partial charge in [-0.25, -0.2) is 4.79 Å². The Morgan fingerprint density at radius 2 is 2.25 bits per heavy atom. The maximum Gasteiger partial charge on any atom is 0.267 e. The van der Waals surface area contributed by atoms with Gasteiger partial charge in [0.05, 0.1) is 11.4 Å². The molecule has 1 unspecified atom stereocenters. The van der Waals surface area contributed by atoms with Crippen LogP contribution in [-0.4, -0.2) is 25.1 Å². The quantitative estimate of drug-likeness (QED) is 0.528. The van der Waals surface area contributed by atoms with Gasteiger partial charge in [0.1, 0.15) is 5.75 Å². The third-order valence-corrected chi connectivity index (χ3v) is 2.46. The van der Waals surface area contributed by atoms with Crippen LogP contribution in [0.5, 0.6) is 5.75 Å². The Labute approximate surface area is 92.3 Å². The number of hydrogen-bond donors (Lipinski definition) is 0. The zero-order valence-corrected chi connectivity index (χ0v) is 8.93. The summed E-state index contributed by atoms with van der Waals surface area (Å²) < 4.78 is 5.42. The molecule has 0 fully saturated rings. The summed E-state index contributed by atoms with van der Waals surface area (Å²) in [6, 6.07) is 4.94. The van der Waals surface area contributed by atoms with Gasteiger partial charge < -0.3 is 9.64 Å². The van der Waals surface area contributed by atoms with Crippen LogP contribution in [0.3, 0.4) is 0 Å². The molecular weight excluding hydrogens is 208 g/mol. The molecule has 1 heterocycles. The minimum absolute atomic E-state index is 0.125. The van der Waals surface area contributed by atoms with Crippen LogP contribution in [0, 0.1) is 0 Å². The van der Waals surface area contributed by atoms with Crippen molar-refractivity contribution in [2.75, 3.05) is 11.9 Å². The van der Waals surface area contributed by atoms with E-state index >= 15 is 0 Å². The van der Waals surface area contributed by atoms with Gasteiger partial charge in [-0.15, -0.1) is 0 Å².